The number of rotatable bonds is 9. The van der Waals surface area contributed by atoms with E-state index in [1.165, 1.54) is 26.4 Å². The van der Waals surface area contributed by atoms with Crippen LogP contribution in [0.3, 0.4) is 0 Å². The fourth-order valence-corrected chi connectivity index (χ4v) is 2.01. The summed E-state index contributed by atoms with van der Waals surface area (Å²) < 4.78 is 4.92. The zero-order valence-corrected chi connectivity index (χ0v) is 12.1. The van der Waals surface area contributed by atoms with Crippen molar-refractivity contribution >= 4 is 5.97 Å². The summed E-state index contributed by atoms with van der Waals surface area (Å²) in [6.07, 6.45) is 6.58. The fourth-order valence-electron chi connectivity index (χ4n) is 2.01. The summed E-state index contributed by atoms with van der Waals surface area (Å²) in [7, 11) is 1.46. The van der Waals surface area contributed by atoms with E-state index in [-0.39, 0.29) is 5.97 Å². The summed E-state index contributed by atoms with van der Waals surface area (Å²) in [6, 6.07) is 0.338. The fraction of sp³-hybridized carbons (Fsp3) is 0.929. The van der Waals surface area contributed by atoms with Gasteiger partial charge in [0.25, 0.3) is 0 Å². The number of ether oxygens (including phenoxy) is 1. The van der Waals surface area contributed by atoms with E-state index in [9.17, 15) is 4.79 Å². The molecule has 0 amide bonds. The molecule has 0 aromatic rings. The van der Waals surface area contributed by atoms with Gasteiger partial charge in [0, 0.05) is 6.04 Å². The first-order valence-corrected chi connectivity index (χ1v) is 6.86. The summed E-state index contributed by atoms with van der Waals surface area (Å²) in [5.74, 6) is -0.144. The molecule has 17 heavy (non-hydrogen) atoms. The quantitative estimate of drug-likeness (QED) is 0.499. The van der Waals surface area contributed by atoms with E-state index in [0.717, 1.165) is 19.3 Å². The Morgan fingerprint density at radius 3 is 2.41 bits per heavy atom. The molecule has 2 atom stereocenters. The van der Waals surface area contributed by atoms with E-state index >= 15 is 0 Å². The average molecular weight is 243 g/mol. The largest absolute Gasteiger partial charge is 0.468 e. The van der Waals surface area contributed by atoms with Crippen molar-refractivity contribution in [1.82, 2.24) is 5.32 Å². The standard InChI is InChI=1S/C14H29NO2/c1-6-8-9-10-11-14(4,13(16)17-5)15-12(3)7-2/h12,15H,6-11H2,1-5H3. The first-order valence-electron chi connectivity index (χ1n) is 6.86. The Bertz CT molecular complexity index is 218. The third kappa shape index (κ3) is 6.06. The normalized spacial score (nSPS) is 16.3. The van der Waals surface area contributed by atoms with Crippen molar-refractivity contribution in [2.45, 2.75) is 77.8 Å². The number of esters is 1. The molecule has 102 valence electrons. The molecule has 2 unspecified atom stereocenters. The molecular weight excluding hydrogens is 214 g/mol. The SMILES string of the molecule is CCCCCCC(C)(NC(C)CC)C(=O)OC. The van der Waals surface area contributed by atoms with Gasteiger partial charge < -0.3 is 4.74 Å². The van der Waals surface area contributed by atoms with Crippen molar-refractivity contribution in [3.63, 3.8) is 0 Å². The van der Waals surface area contributed by atoms with Crippen LogP contribution in [0.1, 0.15) is 66.2 Å². The van der Waals surface area contributed by atoms with Gasteiger partial charge in [0.1, 0.15) is 5.54 Å². The van der Waals surface area contributed by atoms with E-state index in [2.05, 4.69) is 26.1 Å². The van der Waals surface area contributed by atoms with Crippen molar-refractivity contribution in [1.29, 1.82) is 0 Å². The summed E-state index contributed by atoms with van der Waals surface area (Å²) in [4.78, 5) is 11.9. The van der Waals surface area contributed by atoms with Gasteiger partial charge in [-0.05, 0) is 26.7 Å². The van der Waals surface area contributed by atoms with Gasteiger partial charge in [-0.15, -0.1) is 0 Å². The summed E-state index contributed by atoms with van der Waals surface area (Å²) in [5, 5.41) is 3.40. The van der Waals surface area contributed by atoms with Crippen LogP contribution in [0.2, 0.25) is 0 Å². The third-order valence-electron chi connectivity index (χ3n) is 3.34. The van der Waals surface area contributed by atoms with Gasteiger partial charge in [-0.1, -0.05) is 39.5 Å². The number of hydrogen-bond donors (Lipinski definition) is 1. The Kier molecular flexibility index (Phi) is 8.23. The van der Waals surface area contributed by atoms with Crippen molar-refractivity contribution < 1.29 is 9.53 Å². The van der Waals surface area contributed by atoms with Crippen LogP contribution < -0.4 is 5.32 Å². The van der Waals surface area contributed by atoms with Crippen LogP contribution >= 0.6 is 0 Å². The van der Waals surface area contributed by atoms with E-state index in [4.69, 9.17) is 4.74 Å². The van der Waals surface area contributed by atoms with E-state index < -0.39 is 5.54 Å². The Labute approximate surface area is 106 Å². The molecule has 0 fully saturated rings. The van der Waals surface area contributed by atoms with Crippen LogP contribution in [0.4, 0.5) is 0 Å². The summed E-state index contributed by atoms with van der Waals surface area (Å²) in [6.45, 7) is 8.37. The first-order chi connectivity index (χ1) is 8.00. The lowest BCUT2D eigenvalue weighted by Gasteiger charge is -2.31. The minimum absolute atomic E-state index is 0.144. The Morgan fingerprint density at radius 2 is 1.94 bits per heavy atom. The topological polar surface area (TPSA) is 38.3 Å². The van der Waals surface area contributed by atoms with Crippen molar-refractivity contribution in [3.8, 4) is 0 Å². The molecule has 3 heteroatoms. The molecule has 0 saturated carbocycles. The van der Waals surface area contributed by atoms with Crippen molar-refractivity contribution in [2.75, 3.05) is 7.11 Å². The van der Waals surface area contributed by atoms with Gasteiger partial charge in [-0.25, -0.2) is 0 Å². The minimum atomic E-state index is -0.530. The second kappa shape index (κ2) is 8.51. The predicted octanol–water partition coefficient (Wildman–Crippen LogP) is 3.28. The van der Waals surface area contributed by atoms with Crippen LogP contribution in [0.15, 0.2) is 0 Å². The molecule has 0 radical (unpaired) electrons. The lowest BCUT2D eigenvalue weighted by molar-refractivity contribution is -0.148. The maximum atomic E-state index is 11.9. The number of carbonyl (C=O) groups excluding carboxylic acids is 1. The molecule has 0 aromatic carbocycles. The van der Waals surface area contributed by atoms with Gasteiger partial charge in [-0.3, -0.25) is 10.1 Å². The number of methoxy groups -OCH3 is 1. The third-order valence-corrected chi connectivity index (χ3v) is 3.34. The zero-order chi connectivity index (χ0) is 13.3. The number of carbonyl (C=O) groups is 1. The molecule has 0 saturated heterocycles. The lowest BCUT2D eigenvalue weighted by atomic mass is 9.92. The maximum Gasteiger partial charge on any atom is 0.325 e. The smallest absolute Gasteiger partial charge is 0.325 e. The van der Waals surface area contributed by atoms with Crippen LogP contribution in [0.25, 0.3) is 0 Å². The first kappa shape index (κ1) is 16.4. The molecular formula is C14H29NO2. The highest BCUT2D eigenvalue weighted by atomic mass is 16.5. The summed E-state index contributed by atoms with van der Waals surface area (Å²) in [5.41, 5.74) is -0.530. The van der Waals surface area contributed by atoms with Crippen molar-refractivity contribution in [3.05, 3.63) is 0 Å². The Morgan fingerprint density at radius 1 is 1.29 bits per heavy atom. The second-order valence-electron chi connectivity index (χ2n) is 5.09. The van der Waals surface area contributed by atoms with Crippen LogP contribution in [-0.4, -0.2) is 24.7 Å². The predicted molar refractivity (Wildman–Crippen MR) is 72.1 cm³/mol. The molecule has 0 aromatic heterocycles. The molecule has 0 heterocycles. The molecule has 0 rings (SSSR count). The van der Waals surface area contributed by atoms with E-state index in [0.29, 0.717) is 6.04 Å². The lowest BCUT2D eigenvalue weighted by Crippen LogP contribution is -2.53. The average Bonchev–Trinajstić information content (AvgIpc) is 2.33. The van der Waals surface area contributed by atoms with Gasteiger partial charge >= 0.3 is 5.97 Å². The number of hydrogen-bond acceptors (Lipinski definition) is 3. The maximum absolute atomic E-state index is 11.9. The van der Waals surface area contributed by atoms with E-state index in [1.54, 1.807) is 0 Å². The number of unbranched alkanes of at least 4 members (excludes halogenated alkanes) is 3. The minimum Gasteiger partial charge on any atom is -0.468 e. The van der Waals surface area contributed by atoms with Gasteiger partial charge in [0.2, 0.25) is 0 Å². The highest BCUT2D eigenvalue weighted by Crippen LogP contribution is 2.18. The van der Waals surface area contributed by atoms with Gasteiger partial charge in [0.15, 0.2) is 0 Å². The Hall–Kier alpha value is -0.570. The number of nitrogens with one attached hydrogen (secondary N) is 1. The molecule has 0 aliphatic heterocycles. The Balaban J connectivity index is 4.34. The van der Waals surface area contributed by atoms with Crippen LogP contribution in [0.5, 0.6) is 0 Å². The summed E-state index contributed by atoms with van der Waals surface area (Å²) >= 11 is 0. The molecule has 0 spiro atoms. The van der Waals surface area contributed by atoms with Crippen LogP contribution in [0, 0.1) is 0 Å². The molecule has 0 aliphatic rings. The molecule has 0 aliphatic carbocycles. The molecule has 3 nitrogen and oxygen atoms in total. The monoisotopic (exact) mass is 243 g/mol. The van der Waals surface area contributed by atoms with Gasteiger partial charge in [0.05, 0.1) is 7.11 Å². The highest BCUT2D eigenvalue weighted by Gasteiger charge is 2.34. The van der Waals surface area contributed by atoms with Gasteiger partial charge in [-0.2, -0.15) is 0 Å². The van der Waals surface area contributed by atoms with Crippen LogP contribution in [-0.2, 0) is 9.53 Å². The van der Waals surface area contributed by atoms with Crippen molar-refractivity contribution in [2.24, 2.45) is 0 Å². The van der Waals surface area contributed by atoms with E-state index in [1.807, 2.05) is 6.92 Å². The second-order valence-corrected chi connectivity index (χ2v) is 5.09. The highest BCUT2D eigenvalue weighted by molar-refractivity contribution is 5.80. The molecule has 0 bridgehead atoms. The molecule has 1 N–H and O–H groups in total. The zero-order valence-electron chi connectivity index (χ0n) is 12.1.